The van der Waals surface area contributed by atoms with Crippen LogP contribution in [-0.4, -0.2) is 43.9 Å². The van der Waals surface area contributed by atoms with Crippen molar-refractivity contribution in [2.45, 2.75) is 77.6 Å². The molecule has 0 bridgehead atoms. The summed E-state index contributed by atoms with van der Waals surface area (Å²) in [5, 5.41) is 10.1. The van der Waals surface area contributed by atoms with Crippen LogP contribution in [0.25, 0.3) is 0 Å². The number of rotatable bonds is 4. The van der Waals surface area contributed by atoms with E-state index in [1.54, 1.807) is 0 Å². The largest absolute Gasteiger partial charge is 0.437 e. The van der Waals surface area contributed by atoms with E-state index in [0.29, 0.717) is 12.1 Å². The van der Waals surface area contributed by atoms with Gasteiger partial charge in [-0.15, -0.1) is 0 Å². The van der Waals surface area contributed by atoms with Crippen LogP contribution < -0.4 is 0 Å². The lowest BCUT2D eigenvalue weighted by molar-refractivity contribution is 0.191. The Morgan fingerprint density at radius 1 is 1.39 bits per heavy atom. The summed E-state index contributed by atoms with van der Waals surface area (Å²) in [6.07, 6.45) is 2.45. The third-order valence-electron chi connectivity index (χ3n) is 4.64. The van der Waals surface area contributed by atoms with Gasteiger partial charge < -0.3 is 14.3 Å². The molecule has 5 heteroatoms. The molecule has 3 nitrogen and oxygen atoms in total. The monoisotopic (exact) mass is 271 g/mol. The second-order valence-corrected chi connectivity index (χ2v) is 11.9. The number of hydrogen-bond acceptors (Lipinski definition) is 3. The highest BCUT2D eigenvalue weighted by atomic mass is 28.4. The first kappa shape index (κ1) is 16.2. The van der Waals surface area contributed by atoms with Crippen LogP contribution in [0, 0.1) is 0 Å². The summed E-state index contributed by atoms with van der Waals surface area (Å²) in [5.41, 5.74) is 0. The van der Waals surface area contributed by atoms with Gasteiger partial charge in [0.1, 0.15) is 0 Å². The SMILES string of the molecule is CC[C@@H]1C[C@H](O[Si](C)(C)C(C)(C)C)CN1B(C)O. The Morgan fingerprint density at radius 2 is 1.94 bits per heavy atom. The first-order chi connectivity index (χ1) is 8.08. The van der Waals surface area contributed by atoms with E-state index >= 15 is 0 Å². The highest BCUT2D eigenvalue weighted by Crippen LogP contribution is 2.39. The van der Waals surface area contributed by atoms with Crippen molar-refractivity contribution in [3.8, 4) is 0 Å². The molecule has 1 heterocycles. The topological polar surface area (TPSA) is 32.7 Å². The fourth-order valence-corrected chi connectivity index (χ4v) is 3.79. The Kier molecular flexibility index (Phi) is 5.09. The maximum Gasteiger partial charge on any atom is 0.376 e. The van der Waals surface area contributed by atoms with Crippen LogP contribution in [0.3, 0.4) is 0 Å². The molecule has 1 saturated heterocycles. The summed E-state index contributed by atoms with van der Waals surface area (Å²) in [7, 11) is -2.04. The summed E-state index contributed by atoms with van der Waals surface area (Å²) in [5.74, 6) is 0. The Hall–Kier alpha value is 0.162. The molecule has 0 aliphatic carbocycles. The second-order valence-electron chi connectivity index (χ2n) is 7.13. The predicted octanol–water partition coefficient (Wildman–Crippen LogP) is 2.97. The van der Waals surface area contributed by atoms with Gasteiger partial charge in [0.2, 0.25) is 0 Å². The van der Waals surface area contributed by atoms with Crippen molar-refractivity contribution in [3.63, 3.8) is 0 Å². The molecule has 0 aromatic carbocycles. The van der Waals surface area contributed by atoms with E-state index in [1.807, 2.05) is 6.82 Å². The lowest BCUT2D eigenvalue weighted by atomic mass is 9.84. The van der Waals surface area contributed by atoms with E-state index < -0.39 is 8.32 Å². The Morgan fingerprint density at radius 3 is 2.28 bits per heavy atom. The molecule has 1 aliphatic heterocycles. The van der Waals surface area contributed by atoms with E-state index in [1.165, 1.54) is 0 Å². The molecule has 0 saturated carbocycles. The van der Waals surface area contributed by atoms with Crippen molar-refractivity contribution in [2.75, 3.05) is 6.54 Å². The van der Waals surface area contributed by atoms with Gasteiger partial charge in [-0.25, -0.2) is 0 Å². The Labute approximate surface area is 114 Å². The molecular weight excluding hydrogens is 241 g/mol. The maximum absolute atomic E-state index is 9.81. The molecular formula is C13H30BNO2Si. The number of hydrogen-bond donors (Lipinski definition) is 1. The van der Waals surface area contributed by atoms with E-state index in [9.17, 15) is 5.02 Å². The Bertz CT molecular complexity index is 279. The standard InChI is InChI=1S/C13H30BNO2Si/c1-8-11-9-12(10-15(11)14(5)16)17-18(6,7)13(2,3)4/h11-12,16H,8-10H2,1-7H3/t11-,12+/m1/s1. The lowest BCUT2D eigenvalue weighted by Crippen LogP contribution is -2.45. The summed E-state index contributed by atoms with van der Waals surface area (Å²) in [6.45, 7) is 16.4. The van der Waals surface area contributed by atoms with Crippen molar-refractivity contribution in [1.82, 2.24) is 4.81 Å². The van der Waals surface area contributed by atoms with Crippen LogP contribution in [0.15, 0.2) is 0 Å². The minimum absolute atomic E-state index is 0.257. The molecule has 2 atom stereocenters. The van der Waals surface area contributed by atoms with Crippen LogP contribution in [0.5, 0.6) is 0 Å². The van der Waals surface area contributed by atoms with Crippen molar-refractivity contribution in [2.24, 2.45) is 0 Å². The predicted molar refractivity (Wildman–Crippen MR) is 81.3 cm³/mol. The number of nitrogens with zero attached hydrogens (tertiary/aromatic N) is 1. The first-order valence-corrected chi connectivity index (χ1v) is 10.1. The molecule has 0 unspecified atom stereocenters. The van der Waals surface area contributed by atoms with Gasteiger partial charge in [-0.05, 0) is 37.8 Å². The smallest absolute Gasteiger partial charge is 0.376 e. The second kappa shape index (κ2) is 5.65. The zero-order valence-corrected chi connectivity index (χ0v) is 14.2. The minimum atomic E-state index is -1.68. The summed E-state index contributed by atoms with van der Waals surface area (Å²) < 4.78 is 6.46. The molecule has 1 aliphatic rings. The molecule has 0 spiro atoms. The van der Waals surface area contributed by atoms with Crippen LogP contribution in [0.1, 0.15) is 40.5 Å². The van der Waals surface area contributed by atoms with Crippen molar-refractivity contribution >= 4 is 15.4 Å². The maximum atomic E-state index is 9.81. The van der Waals surface area contributed by atoms with Gasteiger partial charge in [-0.3, -0.25) is 0 Å². The van der Waals surface area contributed by atoms with Gasteiger partial charge in [0.05, 0.1) is 6.10 Å². The van der Waals surface area contributed by atoms with Crippen molar-refractivity contribution < 1.29 is 9.45 Å². The van der Waals surface area contributed by atoms with Gasteiger partial charge in [0.15, 0.2) is 8.32 Å². The van der Waals surface area contributed by atoms with Gasteiger partial charge in [0.25, 0.3) is 0 Å². The fourth-order valence-electron chi connectivity index (χ4n) is 2.44. The van der Waals surface area contributed by atoms with Gasteiger partial charge in [-0.1, -0.05) is 27.7 Å². The van der Waals surface area contributed by atoms with Crippen LogP contribution in [-0.2, 0) is 4.43 Å². The van der Waals surface area contributed by atoms with Crippen LogP contribution >= 0.6 is 0 Å². The first-order valence-electron chi connectivity index (χ1n) is 7.20. The molecule has 1 fully saturated rings. The van der Waals surface area contributed by atoms with E-state index in [-0.39, 0.29) is 12.1 Å². The molecule has 0 amide bonds. The molecule has 0 aromatic rings. The average Bonchev–Trinajstić information content (AvgIpc) is 2.58. The van der Waals surface area contributed by atoms with E-state index in [0.717, 1.165) is 19.4 Å². The summed E-state index contributed by atoms with van der Waals surface area (Å²) in [4.78, 5) is 2.18. The fraction of sp³-hybridized carbons (Fsp3) is 1.00. The van der Waals surface area contributed by atoms with Gasteiger partial charge in [-0.2, -0.15) is 0 Å². The van der Waals surface area contributed by atoms with E-state index in [2.05, 4.69) is 45.6 Å². The van der Waals surface area contributed by atoms with Gasteiger partial charge in [0, 0.05) is 12.6 Å². The molecule has 18 heavy (non-hydrogen) atoms. The van der Waals surface area contributed by atoms with Crippen molar-refractivity contribution in [1.29, 1.82) is 0 Å². The minimum Gasteiger partial charge on any atom is -0.437 e. The summed E-state index contributed by atoms with van der Waals surface area (Å²) >= 11 is 0. The van der Waals surface area contributed by atoms with E-state index in [4.69, 9.17) is 4.43 Å². The molecule has 0 radical (unpaired) electrons. The third kappa shape index (κ3) is 3.59. The zero-order chi connectivity index (χ0) is 14.1. The van der Waals surface area contributed by atoms with Crippen LogP contribution in [0.2, 0.25) is 25.0 Å². The van der Waals surface area contributed by atoms with Gasteiger partial charge >= 0.3 is 7.05 Å². The Balaban J connectivity index is 2.66. The normalized spacial score (nSPS) is 26.7. The molecule has 106 valence electrons. The highest BCUT2D eigenvalue weighted by Gasteiger charge is 2.43. The molecule has 1 rings (SSSR count). The molecule has 0 aromatic heterocycles. The zero-order valence-electron chi connectivity index (χ0n) is 13.2. The average molecular weight is 271 g/mol. The van der Waals surface area contributed by atoms with Crippen LogP contribution in [0.4, 0.5) is 0 Å². The lowest BCUT2D eigenvalue weighted by Gasteiger charge is -2.38. The van der Waals surface area contributed by atoms with Crippen molar-refractivity contribution in [3.05, 3.63) is 0 Å². The quantitative estimate of drug-likeness (QED) is 0.798. The summed E-state index contributed by atoms with van der Waals surface area (Å²) in [6, 6.07) is 0.472. The third-order valence-corrected chi connectivity index (χ3v) is 9.17. The highest BCUT2D eigenvalue weighted by molar-refractivity contribution is 6.74. The molecule has 1 N–H and O–H groups in total.